The van der Waals surface area contributed by atoms with Gasteiger partial charge in [-0.1, -0.05) is 48.4 Å². The topological polar surface area (TPSA) is 120 Å². The summed E-state index contributed by atoms with van der Waals surface area (Å²) in [6.45, 7) is 3.90. The Morgan fingerprint density at radius 1 is 1.17 bits per heavy atom. The van der Waals surface area contributed by atoms with Crippen LogP contribution in [-0.4, -0.2) is 35.3 Å². The number of carbonyl (C=O) groups excluding carboxylic acids is 1. The number of aromatic carboxylic acids is 1. The molecule has 0 saturated carbocycles. The van der Waals surface area contributed by atoms with Crippen molar-refractivity contribution in [3.63, 3.8) is 0 Å². The average Bonchev–Trinajstić information content (AvgIpc) is 3.56. The van der Waals surface area contributed by atoms with Gasteiger partial charge in [-0.25, -0.2) is 14.6 Å². The average molecular weight is 607 g/mol. The highest BCUT2D eigenvalue weighted by Gasteiger charge is 2.34. The van der Waals surface area contributed by atoms with Gasteiger partial charge in [0, 0.05) is 11.6 Å². The van der Waals surface area contributed by atoms with Crippen molar-refractivity contribution in [3.8, 4) is 17.1 Å². The molecular weight excluding hydrogens is 580 g/mol. The first-order valence-corrected chi connectivity index (χ1v) is 14.4. The first-order chi connectivity index (χ1) is 20.2. The molecule has 1 atom stereocenters. The number of carboxylic acids is 1. The number of halogens is 1. The molecule has 0 unspecified atom stereocenters. The molecular formula is C31H27ClN2O7S. The molecule has 3 heterocycles. The summed E-state index contributed by atoms with van der Waals surface area (Å²) in [5.74, 6) is -0.311. The SMILES string of the molecule is CCCC1=C(C(=O)OCC)[C@@H](c2cccc(OC)c2)n2c(s/c(=C\c3ccc(-c4cc(C(=O)O)ccc4Cl)o3)c2=O)=N1. The minimum atomic E-state index is -1.09. The van der Waals surface area contributed by atoms with Gasteiger partial charge in [0.05, 0.1) is 46.1 Å². The molecule has 42 heavy (non-hydrogen) atoms. The summed E-state index contributed by atoms with van der Waals surface area (Å²) >= 11 is 7.50. The van der Waals surface area contributed by atoms with Crippen LogP contribution in [0.5, 0.6) is 5.75 Å². The summed E-state index contributed by atoms with van der Waals surface area (Å²) in [4.78, 5) is 43.9. The van der Waals surface area contributed by atoms with Gasteiger partial charge in [0.1, 0.15) is 17.3 Å². The Kier molecular flexibility index (Phi) is 8.46. The fraction of sp³-hybridized carbons (Fsp3) is 0.226. The predicted molar refractivity (Wildman–Crippen MR) is 159 cm³/mol. The van der Waals surface area contributed by atoms with Gasteiger partial charge in [-0.2, -0.15) is 0 Å². The van der Waals surface area contributed by atoms with E-state index in [-0.39, 0.29) is 17.7 Å². The molecule has 0 aliphatic carbocycles. The molecule has 1 aliphatic heterocycles. The molecule has 0 spiro atoms. The Morgan fingerprint density at radius 2 is 1.98 bits per heavy atom. The molecule has 5 rings (SSSR count). The predicted octanol–water partition coefficient (Wildman–Crippen LogP) is 5.20. The fourth-order valence-corrected chi connectivity index (χ4v) is 6.01. The van der Waals surface area contributed by atoms with Crippen LogP contribution in [0.1, 0.15) is 54.4 Å². The van der Waals surface area contributed by atoms with E-state index in [9.17, 15) is 19.5 Å². The number of carboxylic acid groups (broad SMARTS) is 1. The number of furan rings is 1. The number of rotatable bonds is 9. The summed E-state index contributed by atoms with van der Waals surface area (Å²) in [7, 11) is 1.55. The molecule has 0 bridgehead atoms. The second-order valence-electron chi connectivity index (χ2n) is 9.39. The third kappa shape index (κ3) is 5.55. The zero-order valence-electron chi connectivity index (χ0n) is 23.0. The minimum absolute atomic E-state index is 0.0680. The first kappa shape index (κ1) is 29.1. The molecule has 4 aromatic rings. The van der Waals surface area contributed by atoms with Crippen molar-refractivity contribution in [1.29, 1.82) is 0 Å². The number of carbonyl (C=O) groups is 2. The normalized spacial score (nSPS) is 14.9. The summed E-state index contributed by atoms with van der Waals surface area (Å²) in [6, 6.07) is 14.1. The molecule has 9 nitrogen and oxygen atoms in total. The van der Waals surface area contributed by atoms with Gasteiger partial charge in [0.2, 0.25) is 0 Å². The Morgan fingerprint density at radius 3 is 2.69 bits per heavy atom. The Labute approximate surface area is 249 Å². The summed E-state index contributed by atoms with van der Waals surface area (Å²) < 4.78 is 18.7. The second-order valence-corrected chi connectivity index (χ2v) is 10.8. The fourth-order valence-electron chi connectivity index (χ4n) is 4.80. The van der Waals surface area contributed by atoms with Gasteiger partial charge in [0.15, 0.2) is 4.80 Å². The number of fused-ring (bicyclic) bond motifs is 1. The lowest BCUT2D eigenvalue weighted by Crippen LogP contribution is -2.40. The number of methoxy groups -OCH3 is 1. The zero-order chi connectivity index (χ0) is 30.0. The van der Waals surface area contributed by atoms with Gasteiger partial charge in [0.25, 0.3) is 5.56 Å². The van der Waals surface area contributed by atoms with E-state index in [4.69, 9.17) is 30.5 Å². The third-order valence-electron chi connectivity index (χ3n) is 6.68. The standard InChI is InChI=1S/C31H27ClN2O7S/c1-4-7-23-26(30(38)40-5-2)27(17-8-6-9-19(14-17)39-3)34-28(35)25(42-31(34)33-23)16-20-11-13-24(41-20)21-15-18(29(36)37)10-12-22(21)32/h6,8-16,27H,4-5,7H2,1-3H3,(H,36,37)/b25-16-/t27-/m1/s1. The highest BCUT2D eigenvalue weighted by Crippen LogP contribution is 2.34. The highest BCUT2D eigenvalue weighted by molar-refractivity contribution is 7.07. The van der Waals surface area contributed by atoms with E-state index >= 15 is 0 Å². The van der Waals surface area contributed by atoms with Crippen LogP contribution in [-0.2, 0) is 9.53 Å². The van der Waals surface area contributed by atoms with E-state index in [1.807, 2.05) is 13.0 Å². The lowest BCUT2D eigenvalue weighted by atomic mass is 9.94. The summed E-state index contributed by atoms with van der Waals surface area (Å²) in [6.07, 6.45) is 2.86. The van der Waals surface area contributed by atoms with E-state index in [1.165, 1.54) is 34.1 Å². The van der Waals surface area contributed by atoms with Crippen molar-refractivity contribution < 1.29 is 28.6 Å². The molecule has 0 radical (unpaired) electrons. The third-order valence-corrected chi connectivity index (χ3v) is 7.99. The Hall–Kier alpha value is -4.41. The van der Waals surface area contributed by atoms with Crippen molar-refractivity contribution in [3.05, 3.63) is 107 Å². The minimum Gasteiger partial charge on any atom is -0.497 e. The molecule has 0 amide bonds. The molecule has 1 N–H and O–H groups in total. The van der Waals surface area contributed by atoms with Crippen LogP contribution in [0.4, 0.5) is 0 Å². The van der Waals surface area contributed by atoms with E-state index < -0.39 is 18.0 Å². The highest BCUT2D eigenvalue weighted by atomic mass is 35.5. The lowest BCUT2D eigenvalue weighted by molar-refractivity contribution is -0.139. The zero-order valence-corrected chi connectivity index (χ0v) is 24.6. The number of allylic oxidation sites excluding steroid dienone is 1. The van der Waals surface area contributed by atoms with E-state index in [0.29, 0.717) is 60.4 Å². The first-order valence-electron chi connectivity index (χ1n) is 13.2. The molecule has 0 fully saturated rings. The molecule has 2 aromatic carbocycles. The van der Waals surface area contributed by atoms with E-state index in [0.717, 1.165) is 6.42 Å². The van der Waals surface area contributed by atoms with Crippen LogP contribution in [0.2, 0.25) is 5.02 Å². The summed E-state index contributed by atoms with van der Waals surface area (Å²) in [5, 5.41) is 9.69. The molecule has 2 aromatic heterocycles. The van der Waals surface area contributed by atoms with Crippen LogP contribution in [0, 0.1) is 0 Å². The number of ether oxygens (including phenoxy) is 2. The molecule has 1 aliphatic rings. The van der Waals surface area contributed by atoms with E-state index in [1.54, 1.807) is 50.4 Å². The van der Waals surface area contributed by atoms with Gasteiger partial charge >= 0.3 is 11.9 Å². The van der Waals surface area contributed by atoms with Crippen molar-refractivity contribution in [1.82, 2.24) is 4.57 Å². The number of esters is 1. The van der Waals surface area contributed by atoms with Gasteiger partial charge in [-0.15, -0.1) is 0 Å². The Bertz CT molecular complexity index is 1900. The van der Waals surface area contributed by atoms with Gasteiger partial charge in [-0.05, 0) is 61.4 Å². The van der Waals surface area contributed by atoms with Crippen LogP contribution >= 0.6 is 22.9 Å². The van der Waals surface area contributed by atoms with Crippen LogP contribution in [0.3, 0.4) is 0 Å². The second kappa shape index (κ2) is 12.2. The maximum atomic E-state index is 13.9. The van der Waals surface area contributed by atoms with Crippen molar-refractivity contribution in [2.45, 2.75) is 32.7 Å². The largest absolute Gasteiger partial charge is 0.497 e. The van der Waals surface area contributed by atoms with Gasteiger partial charge in [-0.3, -0.25) is 9.36 Å². The Balaban J connectivity index is 1.67. The summed E-state index contributed by atoms with van der Waals surface area (Å²) in [5.41, 5.74) is 1.70. The molecule has 216 valence electrons. The maximum Gasteiger partial charge on any atom is 0.338 e. The molecule has 0 saturated heterocycles. The monoisotopic (exact) mass is 606 g/mol. The van der Waals surface area contributed by atoms with Gasteiger partial charge < -0.3 is 19.0 Å². The molecule has 11 heteroatoms. The van der Waals surface area contributed by atoms with E-state index in [2.05, 4.69) is 0 Å². The number of hydrogen-bond acceptors (Lipinski definition) is 8. The van der Waals surface area contributed by atoms with Crippen LogP contribution in [0.25, 0.3) is 17.4 Å². The van der Waals surface area contributed by atoms with Crippen molar-refractivity contribution >= 4 is 41.0 Å². The number of aromatic nitrogens is 1. The quantitative estimate of drug-likeness (QED) is 0.260. The maximum absolute atomic E-state index is 13.9. The van der Waals surface area contributed by atoms with Crippen molar-refractivity contribution in [2.24, 2.45) is 4.99 Å². The number of thiazole rings is 1. The number of hydrogen-bond donors (Lipinski definition) is 1. The number of benzene rings is 2. The van der Waals surface area contributed by atoms with Crippen LogP contribution in [0.15, 0.2) is 80.1 Å². The lowest BCUT2D eigenvalue weighted by Gasteiger charge is -2.26. The van der Waals surface area contributed by atoms with Crippen molar-refractivity contribution in [2.75, 3.05) is 13.7 Å². The smallest absolute Gasteiger partial charge is 0.338 e. The number of nitrogens with zero attached hydrogens (tertiary/aromatic N) is 2. The van der Waals surface area contributed by atoms with Crippen LogP contribution < -0.4 is 19.6 Å².